The van der Waals surface area contributed by atoms with E-state index in [1.165, 1.54) is 5.56 Å². The standard InChI is InChI=1S/C15H26N2O/c1-13(7-6-10-18)17-15(2,12-16)11-14-8-4-3-5-9-14/h3-5,8-9,13,17-18H,6-7,10-12,16H2,1-2H3. The van der Waals surface area contributed by atoms with Gasteiger partial charge in [0.05, 0.1) is 0 Å². The van der Waals surface area contributed by atoms with Crippen LogP contribution in [0.3, 0.4) is 0 Å². The van der Waals surface area contributed by atoms with Crippen LogP contribution in [0.2, 0.25) is 0 Å². The average Bonchev–Trinajstić information content (AvgIpc) is 2.37. The zero-order valence-electron chi connectivity index (χ0n) is 11.5. The Kier molecular flexibility index (Phi) is 6.33. The summed E-state index contributed by atoms with van der Waals surface area (Å²) in [6.45, 7) is 5.17. The van der Waals surface area contributed by atoms with E-state index in [4.69, 9.17) is 10.8 Å². The Hall–Kier alpha value is -0.900. The van der Waals surface area contributed by atoms with E-state index in [1.807, 2.05) is 6.07 Å². The molecule has 2 atom stereocenters. The number of aliphatic hydroxyl groups is 1. The van der Waals surface area contributed by atoms with Crippen molar-refractivity contribution >= 4 is 0 Å². The molecule has 0 amide bonds. The minimum absolute atomic E-state index is 0.0871. The normalized spacial score (nSPS) is 16.2. The van der Waals surface area contributed by atoms with Gasteiger partial charge in [-0.25, -0.2) is 0 Å². The lowest BCUT2D eigenvalue weighted by Crippen LogP contribution is -2.53. The van der Waals surface area contributed by atoms with Crippen molar-refractivity contribution in [3.63, 3.8) is 0 Å². The van der Waals surface area contributed by atoms with Crippen LogP contribution in [-0.4, -0.2) is 29.8 Å². The predicted molar refractivity (Wildman–Crippen MR) is 76.5 cm³/mol. The maximum absolute atomic E-state index is 8.85. The summed E-state index contributed by atoms with van der Waals surface area (Å²) < 4.78 is 0. The molecular formula is C15H26N2O. The van der Waals surface area contributed by atoms with Crippen molar-refractivity contribution in [3.05, 3.63) is 35.9 Å². The molecule has 0 aliphatic heterocycles. The summed E-state index contributed by atoms with van der Waals surface area (Å²) in [6.07, 6.45) is 2.73. The minimum atomic E-state index is -0.0871. The number of rotatable bonds is 8. The van der Waals surface area contributed by atoms with E-state index in [-0.39, 0.29) is 12.1 Å². The Morgan fingerprint density at radius 3 is 2.56 bits per heavy atom. The molecule has 0 heterocycles. The van der Waals surface area contributed by atoms with Crippen molar-refractivity contribution in [2.45, 2.75) is 44.7 Å². The maximum Gasteiger partial charge on any atom is 0.0431 e. The van der Waals surface area contributed by atoms with Gasteiger partial charge in [-0.2, -0.15) is 0 Å². The lowest BCUT2D eigenvalue weighted by Gasteiger charge is -2.33. The maximum atomic E-state index is 8.85. The van der Waals surface area contributed by atoms with Gasteiger partial charge < -0.3 is 16.2 Å². The second-order valence-electron chi connectivity index (χ2n) is 5.34. The molecule has 0 radical (unpaired) electrons. The number of nitrogens with one attached hydrogen (secondary N) is 1. The number of benzene rings is 1. The van der Waals surface area contributed by atoms with Gasteiger partial charge in [-0.3, -0.25) is 0 Å². The van der Waals surface area contributed by atoms with Crippen molar-refractivity contribution in [1.82, 2.24) is 5.32 Å². The Balaban J connectivity index is 2.56. The summed E-state index contributed by atoms with van der Waals surface area (Å²) in [7, 11) is 0. The predicted octanol–water partition coefficient (Wildman–Crippen LogP) is 1.70. The monoisotopic (exact) mass is 250 g/mol. The van der Waals surface area contributed by atoms with E-state index in [0.717, 1.165) is 19.3 Å². The molecule has 0 saturated carbocycles. The highest BCUT2D eigenvalue weighted by atomic mass is 16.2. The van der Waals surface area contributed by atoms with E-state index in [2.05, 4.69) is 43.4 Å². The second kappa shape index (κ2) is 7.52. The molecule has 0 saturated heterocycles. The zero-order chi connectivity index (χ0) is 13.4. The lowest BCUT2D eigenvalue weighted by atomic mass is 9.91. The summed E-state index contributed by atoms with van der Waals surface area (Å²) in [6, 6.07) is 10.8. The lowest BCUT2D eigenvalue weighted by molar-refractivity contribution is 0.259. The quantitative estimate of drug-likeness (QED) is 0.658. The Morgan fingerprint density at radius 1 is 1.33 bits per heavy atom. The summed E-state index contributed by atoms with van der Waals surface area (Å²) >= 11 is 0. The number of nitrogens with two attached hydrogens (primary N) is 1. The number of hydrogen-bond donors (Lipinski definition) is 3. The number of hydrogen-bond acceptors (Lipinski definition) is 3. The average molecular weight is 250 g/mol. The van der Waals surface area contributed by atoms with Crippen LogP contribution in [0, 0.1) is 0 Å². The van der Waals surface area contributed by atoms with E-state index in [9.17, 15) is 0 Å². The zero-order valence-corrected chi connectivity index (χ0v) is 11.5. The molecule has 0 aromatic heterocycles. The Labute approximate surface area is 110 Å². The fourth-order valence-corrected chi connectivity index (χ4v) is 2.29. The molecule has 1 aromatic rings. The van der Waals surface area contributed by atoms with Crippen LogP contribution >= 0.6 is 0 Å². The fourth-order valence-electron chi connectivity index (χ4n) is 2.29. The van der Waals surface area contributed by atoms with Crippen LogP contribution < -0.4 is 11.1 Å². The second-order valence-corrected chi connectivity index (χ2v) is 5.34. The van der Waals surface area contributed by atoms with E-state index < -0.39 is 0 Å². The van der Waals surface area contributed by atoms with Crippen molar-refractivity contribution in [3.8, 4) is 0 Å². The largest absolute Gasteiger partial charge is 0.396 e. The Bertz CT molecular complexity index is 329. The van der Waals surface area contributed by atoms with Crippen LogP contribution in [0.25, 0.3) is 0 Å². The third-order valence-electron chi connectivity index (χ3n) is 3.28. The van der Waals surface area contributed by atoms with Crippen LogP contribution in [0.4, 0.5) is 0 Å². The van der Waals surface area contributed by atoms with Crippen LogP contribution in [0.15, 0.2) is 30.3 Å². The molecule has 3 nitrogen and oxygen atoms in total. The van der Waals surface area contributed by atoms with Gasteiger partial charge in [-0.1, -0.05) is 30.3 Å². The van der Waals surface area contributed by atoms with Gasteiger partial charge in [-0.15, -0.1) is 0 Å². The van der Waals surface area contributed by atoms with Gasteiger partial charge in [0.25, 0.3) is 0 Å². The van der Waals surface area contributed by atoms with Gasteiger partial charge >= 0.3 is 0 Å². The van der Waals surface area contributed by atoms with Crippen molar-refractivity contribution < 1.29 is 5.11 Å². The van der Waals surface area contributed by atoms with Gasteiger partial charge in [-0.05, 0) is 38.7 Å². The molecule has 0 aliphatic carbocycles. The fraction of sp³-hybridized carbons (Fsp3) is 0.600. The highest BCUT2D eigenvalue weighted by molar-refractivity contribution is 5.17. The molecular weight excluding hydrogens is 224 g/mol. The molecule has 0 fully saturated rings. The third-order valence-corrected chi connectivity index (χ3v) is 3.28. The third kappa shape index (κ3) is 5.17. The highest BCUT2D eigenvalue weighted by Crippen LogP contribution is 2.14. The van der Waals surface area contributed by atoms with E-state index >= 15 is 0 Å². The molecule has 0 bridgehead atoms. The summed E-state index contributed by atoms with van der Waals surface area (Å²) in [4.78, 5) is 0. The molecule has 0 aliphatic rings. The van der Waals surface area contributed by atoms with Gasteiger partial charge in [0.15, 0.2) is 0 Å². The minimum Gasteiger partial charge on any atom is -0.396 e. The van der Waals surface area contributed by atoms with Crippen LogP contribution in [-0.2, 0) is 6.42 Å². The molecule has 102 valence electrons. The summed E-state index contributed by atoms with van der Waals surface area (Å²) in [5.41, 5.74) is 7.13. The van der Waals surface area contributed by atoms with Crippen molar-refractivity contribution in [2.75, 3.05) is 13.2 Å². The van der Waals surface area contributed by atoms with Gasteiger partial charge in [0.1, 0.15) is 0 Å². The summed E-state index contributed by atoms with van der Waals surface area (Å²) in [5.74, 6) is 0. The summed E-state index contributed by atoms with van der Waals surface area (Å²) in [5, 5.41) is 12.4. The Morgan fingerprint density at radius 2 is 2.00 bits per heavy atom. The highest BCUT2D eigenvalue weighted by Gasteiger charge is 2.24. The smallest absolute Gasteiger partial charge is 0.0431 e. The van der Waals surface area contributed by atoms with Crippen molar-refractivity contribution in [2.24, 2.45) is 5.73 Å². The first-order chi connectivity index (χ1) is 8.59. The molecule has 4 N–H and O–H groups in total. The van der Waals surface area contributed by atoms with Gasteiger partial charge in [0, 0.05) is 24.7 Å². The van der Waals surface area contributed by atoms with Gasteiger partial charge in [0.2, 0.25) is 0 Å². The molecule has 2 unspecified atom stereocenters. The first-order valence-corrected chi connectivity index (χ1v) is 6.72. The molecule has 1 rings (SSSR count). The van der Waals surface area contributed by atoms with E-state index in [1.54, 1.807) is 0 Å². The molecule has 18 heavy (non-hydrogen) atoms. The van der Waals surface area contributed by atoms with E-state index in [0.29, 0.717) is 12.6 Å². The molecule has 1 aromatic carbocycles. The SMILES string of the molecule is CC(CCCO)NC(C)(CN)Cc1ccccc1. The molecule has 3 heteroatoms. The first kappa shape index (κ1) is 15.2. The number of aliphatic hydroxyl groups excluding tert-OH is 1. The topological polar surface area (TPSA) is 58.3 Å². The van der Waals surface area contributed by atoms with Crippen LogP contribution in [0.5, 0.6) is 0 Å². The van der Waals surface area contributed by atoms with Crippen LogP contribution in [0.1, 0.15) is 32.3 Å². The van der Waals surface area contributed by atoms with Crippen molar-refractivity contribution in [1.29, 1.82) is 0 Å². The first-order valence-electron chi connectivity index (χ1n) is 6.72. The molecule has 0 spiro atoms.